The van der Waals surface area contributed by atoms with Crippen molar-refractivity contribution in [2.75, 3.05) is 31.2 Å². The van der Waals surface area contributed by atoms with Crippen LogP contribution >= 0.6 is 0 Å². The van der Waals surface area contributed by atoms with Crippen LogP contribution in [-0.4, -0.2) is 49.3 Å². The molecule has 0 spiro atoms. The zero-order valence-corrected chi connectivity index (χ0v) is 16.8. The van der Waals surface area contributed by atoms with Crippen molar-refractivity contribution in [3.8, 4) is 0 Å². The van der Waals surface area contributed by atoms with E-state index in [2.05, 4.69) is 10.2 Å². The number of ether oxygens (including phenoxy) is 2. The highest BCUT2D eigenvalue weighted by atomic mass is 16.5. The van der Waals surface area contributed by atoms with E-state index >= 15 is 0 Å². The lowest BCUT2D eigenvalue weighted by Crippen LogP contribution is -2.31. The molecule has 0 unspecified atom stereocenters. The first-order chi connectivity index (χ1) is 14.3. The summed E-state index contributed by atoms with van der Waals surface area (Å²) in [5.74, 6) is -1.72. The van der Waals surface area contributed by atoms with Crippen molar-refractivity contribution in [3.63, 3.8) is 0 Å². The average molecular weight is 413 g/mol. The number of azo groups is 1. The van der Waals surface area contributed by atoms with Crippen molar-refractivity contribution in [1.82, 2.24) is 0 Å². The molecule has 158 valence electrons. The summed E-state index contributed by atoms with van der Waals surface area (Å²) in [4.78, 5) is 34.8. The molecule has 0 bridgehead atoms. The van der Waals surface area contributed by atoms with Crippen LogP contribution in [0, 0.1) is 0 Å². The highest BCUT2D eigenvalue weighted by Gasteiger charge is 2.09. The van der Waals surface area contributed by atoms with Gasteiger partial charge in [0, 0.05) is 19.5 Å². The van der Waals surface area contributed by atoms with E-state index < -0.39 is 5.97 Å². The van der Waals surface area contributed by atoms with Gasteiger partial charge in [-0.3, -0.25) is 9.59 Å². The van der Waals surface area contributed by atoms with Crippen molar-refractivity contribution in [2.45, 2.75) is 13.8 Å². The summed E-state index contributed by atoms with van der Waals surface area (Å²) in [7, 11) is 0. The van der Waals surface area contributed by atoms with Crippen LogP contribution in [0.2, 0.25) is 0 Å². The van der Waals surface area contributed by atoms with Gasteiger partial charge in [-0.2, -0.15) is 10.2 Å². The number of hydrogen-bond acceptors (Lipinski definition) is 8. The second-order valence-corrected chi connectivity index (χ2v) is 6.24. The van der Waals surface area contributed by atoms with Crippen LogP contribution in [0.3, 0.4) is 0 Å². The van der Waals surface area contributed by atoms with Gasteiger partial charge in [-0.25, -0.2) is 4.79 Å². The number of carbonyl (C=O) groups excluding carboxylic acids is 2. The maximum Gasteiger partial charge on any atom is 0.335 e. The molecular formula is C21H23N3O6. The minimum absolute atomic E-state index is 0.181. The number of esters is 2. The summed E-state index contributed by atoms with van der Waals surface area (Å²) in [5.41, 5.74) is 2.18. The van der Waals surface area contributed by atoms with E-state index in [1.165, 1.54) is 26.0 Å². The largest absolute Gasteiger partial charge is 0.478 e. The van der Waals surface area contributed by atoms with E-state index in [-0.39, 0.29) is 30.7 Å². The van der Waals surface area contributed by atoms with Crippen LogP contribution < -0.4 is 4.90 Å². The Kier molecular flexibility index (Phi) is 8.49. The normalized spacial score (nSPS) is 10.6. The zero-order chi connectivity index (χ0) is 21.9. The molecular weight excluding hydrogens is 390 g/mol. The first-order valence-electron chi connectivity index (χ1n) is 9.22. The number of rotatable bonds is 10. The van der Waals surface area contributed by atoms with Crippen LogP contribution in [0.25, 0.3) is 0 Å². The monoisotopic (exact) mass is 413 g/mol. The Balaban J connectivity index is 2.03. The lowest BCUT2D eigenvalue weighted by Gasteiger charge is -2.24. The van der Waals surface area contributed by atoms with E-state index in [4.69, 9.17) is 14.6 Å². The molecule has 9 nitrogen and oxygen atoms in total. The van der Waals surface area contributed by atoms with Gasteiger partial charge in [0.15, 0.2) is 0 Å². The zero-order valence-electron chi connectivity index (χ0n) is 16.8. The summed E-state index contributed by atoms with van der Waals surface area (Å²) in [6.07, 6.45) is 0. The number of carbonyl (C=O) groups is 3. The molecule has 0 aliphatic rings. The van der Waals surface area contributed by atoms with E-state index in [0.29, 0.717) is 24.5 Å². The van der Waals surface area contributed by atoms with E-state index in [1.807, 2.05) is 17.0 Å². The number of anilines is 1. The SMILES string of the molecule is CC(=O)OCCN(CCOC(C)=O)c1ccc(N=Nc2ccc(C(=O)O)cc2)cc1. The van der Waals surface area contributed by atoms with E-state index in [1.54, 1.807) is 24.3 Å². The molecule has 9 heteroatoms. The highest BCUT2D eigenvalue weighted by Crippen LogP contribution is 2.22. The number of carboxylic acids is 1. The van der Waals surface area contributed by atoms with Gasteiger partial charge in [0.25, 0.3) is 0 Å². The van der Waals surface area contributed by atoms with Gasteiger partial charge in [0.2, 0.25) is 0 Å². The standard InChI is InChI=1S/C21H23N3O6/c1-15(25)29-13-11-24(12-14-30-16(2)26)20-9-7-19(8-10-20)23-22-18-5-3-17(4-6-18)21(27)28/h3-10H,11-14H2,1-2H3,(H,27,28). The van der Waals surface area contributed by atoms with Crippen molar-refractivity contribution < 1.29 is 29.0 Å². The Labute approximate surface area is 173 Å². The molecule has 0 aliphatic carbocycles. The van der Waals surface area contributed by atoms with E-state index in [0.717, 1.165) is 5.69 Å². The van der Waals surface area contributed by atoms with Crippen molar-refractivity contribution in [1.29, 1.82) is 0 Å². The molecule has 0 fully saturated rings. The molecule has 0 atom stereocenters. The summed E-state index contributed by atoms with van der Waals surface area (Å²) in [6.45, 7) is 4.00. The predicted octanol–water partition coefficient (Wildman–Crippen LogP) is 3.73. The third-order valence-electron chi connectivity index (χ3n) is 3.94. The van der Waals surface area contributed by atoms with E-state index in [9.17, 15) is 14.4 Å². The first-order valence-corrected chi connectivity index (χ1v) is 9.22. The van der Waals surface area contributed by atoms with Gasteiger partial charge in [0.05, 0.1) is 30.0 Å². The molecule has 1 N–H and O–H groups in total. The van der Waals surface area contributed by atoms with Gasteiger partial charge in [-0.05, 0) is 48.5 Å². The smallest absolute Gasteiger partial charge is 0.335 e. The highest BCUT2D eigenvalue weighted by molar-refractivity contribution is 5.87. The summed E-state index contributed by atoms with van der Waals surface area (Å²) in [6, 6.07) is 13.3. The Morgan fingerprint density at radius 3 is 1.63 bits per heavy atom. The van der Waals surface area contributed by atoms with Crippen LogP contribution in [-0.2, 0) is 19.1 Å². The average Bonchev–Trinajstić information content (AvgIpc) is 2.71. The van der Waals surface area contributed by atoms with Crippen LogP contribution in [0.4, 0.5) is 17.1 Å². The minimum Gasteiger partial charge on any atom is -0.478 e. The molecule has 0 aromatic heterocycles. The molecule has 0 amide bonds. The van der Waals surface area contributed by atoms with Gasteiger partial charge >= 0.3 is 17.9 Å². The number of benzene rings is 2. The number of aromatic carboxylic acids is 1. The van der Waals surface area contributed by atoms with Crippen LogP contribution in [0.15, 0.2) is 58.8 Å². The molecule has 30 heavy (non-hydrogen) atoms. The van der Waals surface area contributed by atoms with Gasteiger partial charge in [0.1, 0.15) is 13.2 Å². The van der Waals surface area contributed by atoms with Crippen LogP contribution in [0.1, 0.15) is 24.2 Å². The quantitative estimate of drug-likeness (QED) is 0.466. The predicted molar refractivity (Wildman–Crippen MR) is 109 cm³/mol. The number of carboxylic acid groups (broad SMARTS) is 1. The molecule has 2 aromatic carbocycles. The van der Waals surface area contributed by atoms with Crippen molar-refractivity contribution >= 4 is 35.0 Å². The Hall–Kier alpha value is -3.75. The molecule has 2 aromatic rings. The third-order valence-corrected chi connectivity index (χ3v) is 3.94. The molecule has 0 saturated heterocycles. The Morgan fingerprint density at radius 1 is 0.800 bits per heavy atom. The van der Waals surface area contributed by atoms with Crippen LogP contribution in [0.5, 0.6) is 0 Å². The number of nitrogens with zero attached hydrogens (tertiary/aromatic N) is 3. The second-order valence-electron chi connectivity index (χ2n) is 6.24. The summed E-state index contributed by atoms with van der Waals surface area (Å²) >= 11 is 0. The fourth-order valence-electron chi connectivity index (χ4n) is 2.49. The summed E-state index contributed by atoms with van der Waals surface area (Å²) in [5, 5.41) is 17.1. The Morgan fingerprint density at radius 2 is 1.23 bits per heavy atom. The van der Waals surface area contributed by atoms with Gasteiger partial charge in [-0.15, -0.1) is 0 Å². The Bertz CT molecular complexity index is 874. The lowest BCUT2D eigenvalue weighted by atomic mass is 10.2. The fourth-order valence-corrected chi connectivity index (χ4v) is 2.49. The van der Waals surface area contributed by atoms with Gasteiger partial charge < -0.3 is 19.5 Å². The van der Waals surface area contributed by atoms with Crippen molar-refractivity contribution in [2.24, 2.45) is 10.2 Å². The molecule has 0 radical (unpaired) electrons. The molecule has 0 saturated carbocycles. The number of hydrogen-bond donors (Lipinski definition) is 1. The third kappa shape index (κ3) is 7.70. The lowest BCUT2D eigenvalue weighted by molar-refractivity contribution is -0.141. The van der Waals surface area contributed by atoms with Crippen molar-refractivity contribution in [3.05, 3.63) is 54.1 Å². The second kappa shape index (κ2) is 11.3. The maximum absolute atomic E-state index is 11.0. The fraction of sp³-hybridized carbons (Fsp3) is 0.286. The topological polar surface area (TPSA) is 118 Å². The summed E-state index contributed by atoms with van der Waals surface area (Å²) < 4.78 is 9.99. The molecule has 2 rings (SSSR count). The van der Waals surface area contributed by atoms with Gasteiger partial charge in [-0.1, -0.05) is 0 Å². The minimum atomic E-state index is -0.999. The molecule has 0 heterocycles. The first kappa shape index (κ1) is 22.5. The maximum atomic E-state index is 11.0. The molecule has 0 aliphatic heterocycles.